The number of carboxylic acid groups (broad SMARTS) is 1. The minimum Gasteiger partial charge on any atom is -0.481 e. The van der Waals surface area contributed by atoms with Gasteiger partial charge in [-0.15, -0.1) is 0 Å². The molecule has 0 radical (unpaired) electrons. The summed E-state index contributed by atoms with van der Waals surface area (Å²) in [4.78, 5) is 10.3. The van der Waals surface area contributed by atoms with Gasteiger partial charge in [0.05, 0.1) is 0 Å². The molecule has 0 bridgehead atoms. The minimum absolute atomic E-state index is 0.199. The molecule has 0 aliphatic heterocycles. The van der Waals surface area contributed by atoms with Crippen LogP contribution < -0.4 is 0 Å². The summed E-state index contributed by atoms with van der Waals surface area (Å²) in [6, 6.07) is 0. The van der Waals surface area contributed by atoms with E-state index in [1.54, 1.807) is 0 Å². The third kappa shape index (κ3) is 19.7. The molecule has 2 nitrogen and oxygen atoms in total. The van der Waals surface area contributed by atoms with Gasteiger partial charge in [0.15, 0.2) is 0 Å². The van der Waals surface area contributed by atoms with Gasteiger partial charge in [0.2, 0.25) is 0 Å². The van der Waals surface area contributed by atoms with E-state index in [1.165, 1.54) is 0 Å². The highest BCUT2D eigenvalue weighted by Crippen LogP contribution is 1.95. The van der Waals surface area contributed by atoms with Gasteiger partial charge in [0.25, 0.3) is 0 Å². The summed E-state index contributed by atoms with van der Waals surface area (Å²) in [6.45, 7) is 2.14. The first-order valence-corrected chi connectivity index (χ1v) is 8.59. The lowest BCUT2D eigenvalue weighted by Gasteiger charge is -1.86. The summed E-state index contributed by atoms with van der Waals surface area (Å²) in [6.07, 6.45) is 33.5. The summed E-state index contributed by atoms with van der Waals surface area (Å²) in [5.74, 6) is -0.751. The maximum Gasteiger partial charge on any atom is 0.303 e. The zero-order valence-electron chi connectivity index (χ0n) is 14.7. The van der Waals surface area contributed by atoms with Crippen LogP contribution in [0.4, 0.5) is 0 Å². The summed E-state index contributed by atoms with van der Waals surface area (Å²) in [5, 5.41) is 8.48. The SMILES string of the molecule is CC/C=C/C/C=C/C/C=C/C=C/C=C/C=C/C/C=C/CCC(=O)O. The lowest BCUT2D eigenvalue weighted by Crippen LogP contribution is -1.91. The van der Waals surface area contributed by atoms with Crippen LogP contribution in [0, 0.1) is 0 Å². The van der Waals surface area contributed by atoms with Gasteiger partial charge in [-0.3, -0.25) is 4.79 Å². The fourth-order valence-corrected chi connectivity index (χ4v) is 1.68. The molecule has 0 heterocycles. The van der Waals surface area contributed by atoms with Crippen molar-refractivity contribution in [2.24, 2.45) is 0 Å². The van der Waals surface area contributed by atoms with Crippen molar-refractivity contribution in [3.8, 4) is 0 Å². The predicted molar refractivity (Wildman–Crippen MR) is 105 cm³/mol. The van der Waals surface area contributed by atoms with E-state index in [2.05, 4.69) is 37.3 Å². The van der Waals surface area contributed by atoms with Crippen LogP contribution >= 0.6 is 0 Å². The van der Waals surface area contributed by atoms with Crippen LogP contribution in [0.3, 0.4) is 0 Å². The van der Waals surface area contributed by atoms with Crippen LogP contribution in [0.15, 0.2) is 85.1 Å². The van der Waals surface area contributed by atoms with Gasteiger partial charge in [-0.05, 0) is 32.1 Å². The first kappa shape index (κ1) is 21.6. The Bertz CT molecular complexity index is 500. The van der Waals surface area contributed by atoms with E-state index in [4.69, 9.17) is 5.11 Å². The average Bonchev–Trinajstić information content (AvgIpc) is 2.56. The van der Waals surface area contributed by atoms with Crippen molar-refractivity contribution in [3.05, 3.63) is 85.1 Å². The second kappa shape index (κ2) is 18.7. The lowest BCUT2D eigenvalue weighted by atomic mass is 10.2. The highest BCUT2D eigenvalue weighted by molar-refractivity contribution is 5.66. The topological polar surface area (TPSA) is 37.3 Å². The van der Waals surface area contributed by atoms with E-state index in [1.807, 2.05) is 54.7 Å². The third-order valence-corrected chi connectivity index (χ3v) is 2.90. The highest BCUT2D eigenvalue weighted by Gasteiger charge is 1.90. The maximum absolute atomic E-state index is 10.3. The van der Waals surface area contributed by atoms with E-state index in [0.717, 1.165) is 25.7 Å². The Morgan fingerprint density at radius 2 is 1.12 bits per heavy atom. The number of carbonyl (C=O) groups is 1. The molecule has 0 spiro atoms. The molecule has 0 saturated carbocycles. The Hall–Kier alpha value is -2.35. The van der Waals surface area contributed by atoms with Gasteiger partial charge in [-0.25, -0.2) is 0 Å². The van der Waals surface area contributed by atoms with Gasteiger partial charge in [0.1, 0.15) is 0 Å². The minimum atomic E-state index is -0.751. The molecule has 0 aromatic heterocycles. The number of carboxylic acids is 1. The number of rotatable bonds is 13. The van der Waals surface area contributed by atoms with Crippen LogP contribution in [0.2, 0.25) is 0 Å². The lowest BCUT2D eigenvalue weighted by molar-refractivity contribution is -0.136. The van der Waals surface area contributed by atoms with E-state index < -0.39 is 5.97 Å². The van der Waals surface area contributed by atoms with Crippen molar-refractivity contribution in [3.63, 3.8) is 0 Å². The summed E-state index contributed by atoms with van der Waals surface area (Å²) in [5.41, 5.74) is 0. The predicted octanol–water partition coefficient (Wildman–Crippen LogP) is 6.32. The molecular weight excluding hydrogens is 296 g/mol. The molecule has 2 heteroatoms. The molecule has 0 aromatic rings. The van der Waals surface area contributed by atoms with Gasteiger partial charge in [0, 0.05) is 6.42 Å². The molecule has 0 fully saturated rings. The van der Waals surface area contributed by atoms with Crippen LogP contribution in [-0.2, 0) is 4.79 Å². The van der Waals surface area contributed by atoms with Crippen molar-refractivity contribution < 1.29 is 9.90 Å². The van der Waals surface area contributed by atoms with E-state index in [-0.39, 0.29) is 6.42 Å². The molecule has 0 unspecified atom stereocenters. The Balaban J connectivity index is 3.66. The third-order valence-electron chi connectivity index (χ3n) is 2.90. The van der Waals surface area contributed by atoms with Gasteiger partial charge < -0.3 is 5.11 Å². The van der Waals surface area contributed by atoms with Crippen molar-refractivity contribution >= 4 is 5.97 Å². The number of allylic oxidation sites excluding steroid dienone is 14. The first-order chi connectivity index (χ1) is 11.8. The molecule has 0 amide bonds. The second-order valence-corrected chi connectivity index (χ2v) is 5.09. The Morgan fingerprint density at radius 3 is 1.67 bits per heavy atom. The van der Waals surface area contributed by atoms with E-state index in [0.29, 0.717) is 6.42 Å². The van der Waals surface area contributed by atoms with Crippen molar-refractivity contribution in [1.82, 2.24) is 0 Å². The van der Waals surface area contributed by atoms with Gasteiger partial charge in [-0.1, -0.05) is 92.0 Å². The van der Waals surface area contributed by atoms with Crippen LogP contribution in [0.25, 0.3) is 0 Å². The van der Waals surface area contributed by atoms with E-state index >= 15 is 0 Å². The molecule has 24 heavy (non-hydrogen) atoms. The zero-order valence-corrected chi connectivity index (χ0v) is 14.7. The number of hydrogen-bond acceptors (Lipinski definition) is 1. The molecule has 130 valence electrons. The summed E-state index contributed by atoms with van der Waals surface area (Å²) < 4.78 is 0. The molecule has 0 atom stereocenters. The Morgan fingerprint density at radius 1 is 0.667 bits per heavy atom. The number of aliphatic carboxylic acids is 1. The van der Waals surface area contributed by atoms with E-state index in [9.17, 15) is 4.79 Å². The smallest absolute Gasteiger partial charge is 0.303 e. The second-order valence-electron chi connectivity index (χ2n) is 5.09. The Kier molecular flexibility index (Phi) is 16.9. The molecule has 0 aliphatic rings. The van der Waals surface area contributed by atoms with Gasteiger partial charge >= 0.3 is 5.97 Å². The molecule has 1 N–H and O–H groups in total. The summed E-state index contributed by atoms with van der Waals surface area (Å²) >= 11 is 0. The molecule has 0 aliphatic carbocycles. The maximum atomic E-state index is 10.3. The normalized spacial score (nSPS) is 13.4. The highest BCUT2D eigenvalue weighted by atomic mass is 16.4. The van der Waals surface area contributed by atoms with Crippen LogP contribution in [0.5, 0.6) is 0 Å². The quantitative estimate of drug-likeness (QED) is 0.317. The monoisotopic (exact) mass is 326 g/mol. The standard InChI is InChI=1S/C22H30O2/c1-2-3-4-5-6-7-8-9-10-11-12-13-14-15-16-17-18-19-20-21-22(23)24/h3-4,6-7,9-16,18-19H,2,5,8,17,20-21H2,1H3,(H,23,24)/b4-3+,7-6+,10-9+,12-11+,14-13+,16-15+,19-18+. The van der Waals surface area contributed by atoms with Crippen molar-refractivity contribution in [1.29, 1.82) is 0 Å². The number of hydrogen-bond donors (Lipinski definition) is 1. The molecule has 0 rings (SSSR count). The average molecular weight is 326 g/mol. The fourth-order valence-electron chi connectivity index (χ4n) is 1.68. The van der Waals surface area contributed by atoms with Crippen molar-refractivity contribution in [2.75, 3.05) is 0 Å². The molecule has 0 aromatic carbocycles. The zero-order chi connectivity index (χ0) is 17.7. The van der Waals surface area contributed by atoms with Crippen LogP contribution in [-0.4, -0.2) is 11.1 Å². The van der Waals surface area contributed by atoms with Gasteiger partial charge in [-0.2, -0.15) is 0 Å². The molecular formula is C22H30O2. The molecule has 0 saturated heterocycles. The fraction of sp³-hybridized carbons (Fsp3) is 0.318. The first-order valence-electron chi connectivity index (χ1n) is 8.59. The van der Waals surface area contributed by atoms with Crippen LogP contribution in [0.1, 0.15) is 45.4 Å². The largest absolute Gasteiger partial charge is 0.481 e. The van der Waals surface area contributed by atoms with Crippen molar-refractivity contribution in [2.45, 2.75) is 45.4 Å². The Labute approximate surface area is 147 Å². The summed E-state index contributed by atoms with van der Waals surface area (Å²) in [7, 11) is 0.